The Labute approximate surface area is 188 Å². The molecule has 2 aliphatic rings. The third-order valence-corrected chi connectivity index (χ3v) is 6.47. The molecule has 5 rings (SSSR count). The minimum absolute atomic E-state index is 0.212. The fraction of sp³-hybridized carbons (Fsp3) is 0.296. The lowest BCUT2D eigenvalue weighted by Gasteiger charge is -2.47. The minimum Gasteiger partial charge on any atom is -0.457 e. The first-order chi connectivity index (χ1) is 15.6. The van der Waals surface area contributed by atoms with Gasteiger partial charge in [-0.15, -0.1) is 0 Å². The zero-order valence-electron chi connectivity index (χ0n) is 18.0. The van der Waals surface area contributed by atoms with Gasteiger partial charge in [0, 0.05) is 38.6 Å². The van der Waals surface area contributed by atoms with Gasteiger partial charge < -0.3 is 9.64 Å². The molecule has 3 aromatic carbocycles. The molecule has 0 spiro atoms. The van der Waals surface area contributed by atoms with Gasteiger partial charge in [0.2, 0.25) is 5.91 Å². The SMILES string of the molecule is O=C(CCc1cccc(Oc2ccc(F)cc2)c1)N1CC(N2CCc3ccccc3C2)C1. The Hall–Kier alpha value is -3.18. The van der Waals surface area contributed by atoms with Crippen LogP contribution in [0, 0.1) is 5.82 Å². The van der Waals surface area contributed by atoms with Gasteiger partial charge in [0.05, 0.1) is 0 Å². The van der Waals surface area contributed by atoms with Gasteiger partial charge in [-0.05, 0) is 65.9 Å². The molecule has 0 unspecified atom stereocenters. The maximum Gasteiger partial charge on any atom is 0.223 e. The van der Waals surface area contributed by atoms with E-state index in [1.165, 1.54) is 23.3 Å². The van der Waals surface area contributed by atoms with E-state index in [4.69, 9.17) is 4.74 Å². The summed E-state index contributed by atoms with van der Waals surface area (Å²) < 4.78 is 18.9. The second-order valence-corrected chi connectivity index (χ2v) is 8.65. The smallest absolute Gasteiger partial charge is 0.223 e. The summed E-state index contributed by atoms with van der Waals surface area (Å²) in [5.41, 5.74) is 3.94. The molecule has 0 radical (unpaired) electrons. The van der Waals surface area contributed by atoms with Crippen molar-refractivity contribution in [1.29, 1.82) is 0 Å². The summed E-state index contributed by atoms with van der Waals surface area (Å²) in [6.07, 6.45) is 2.27. The predicted molar refractivity (Wildman–Crippen MR) is 122 cm³/mol. The van der Waals surface area contributed by atoms with Crippen molar-refractivity contribution in [2.24, 2.45) is 0 Å². The van der Waals surface area contributed by atoms with E-state index in [1.54, 1.807) is 12.1 Å². The van der Waals surface area contributed by atoms with E-state index in [0.29, 0.717) is 30.4 Å². The number of nitrogens with zero attached hydrogens (tertiary/aromatic N) is 2. The van der Waals surface area contributed by atoms with Crippen LogP contribution in [-0.4, -0.2) is 41.4 Å². The van der Waals surface area contributed by atoms with Crippen molar-refractivity contribution in [3.05, 3.63) is 95.3 Å². The Morgan fingerprint density at radius 3 is 2.53 bits per heavy atom. The number of halogens is 1. The average molecular weight is 431 g/mol. The number of carbonyl (C=O) groups is 1. The quantitative estimate of drug-likeness (QED) is 0.562. The first-order valence-corrected chi connectivity index (χ1v) is 11.2. The molecule has 1 saturated heterocycles. The topological polar surface area (TPSA) is 32.8 Å². The highest BCUT2D eigenvalue weighted by molar-refractivity contribution is 5.77. The van der Waals surface area contributed by atoms with E-state index < -0.39 is 0 Å². The number of aryl methyl sites for hydroxylation is 1. The fourth-order valence-electron chi connectivity index (χ4n) is 4.53. The van der Waals surface area contributed by atoms with Crippen molar-refractivity contribution < 1.29 is 13.9 Å². The first-order valence-electron chi connectivity index (χ1n) is 11.2. The van der Waals surface area contributed by atoms with Gasteiger partial charge in [-0.2, -0.15) is 0 Å². The van der Waals surface area contributed by atoms with Gasteiger partial charge in [0.1, 0.15) is 17.3 Å². The number of fused-ring (bicyclic) bond motifs is 1. The highest BCUT2D eigenvalue weighted by Gasteiger charge is 2.35. The Morgan fingerprint density at radius 1 is 0.938 bits per heavy atom. The van der Waals surface area contributed by atoms with E-state index >= 15 is 0 Å². The van der Waals surface area contributed by atoms with Crippen molar-refractivity contribution in [3.63, 3.8) is 0 Å². The lowest BCUT2D eigenvalue weighted by Crippen LogP contribution is -2.61. The summed E-state index contributed by atoms with van der Waals surface area (Å²) in [5, 5.41) is 0. The molecule has 0 atom stereocenters. The van der Waals surface area contributed by atoms with Crippen LogP contribution in [-0.2, 0) is 24.2 Å². The lowest BCUT2D eigenvalue weighted by atomic mass is 9.96. The molecular formula is C27H27FN2O2. The zero-order valence-corrected chi connectivity index (χ0v) is 18.0. The molecule has 0 N–H and O–H groups in total. The van der Waals surface area contributed by atoms with Crippen LogP contribution in [0.2, 0.25) is 0 Å². The van der Waals surface area contributed by atoms with Crippen LogP contribution in [0.5, 0.6) is 11.5 Å². The molecule has 164 valence electrons. The van der Waals surface area contributed by atoms with Crippen molar-refractivity contribution in [2.45, 2.75) is 31.8 Å². The number of rotatable bonds is 6. The Bertz CT molecular complexity index is 1090. The van der Waals surface area contributed by atoms with Crippen LogP contribution >= 0.6 is 0 Å². The number of benzene rings is 3. The van der Waals surface area contributed by atoms with Crippen LogP contribution in [0.3, 0.4) is 0 Å². The molecule has 0 saturated carbocycles. The summed E-state index contributed by atoms with van der Waals surface area (Å²) in [5.74, 6) is 1.20. The fourth-order valence-corrected chi connectivity index (χ4v) is 4.53. The van der Waals surface area contributed by atoms with Crippen molar-refractivity contribution >= 4 is 5.91 Å². The van der Waals surface area contributed by atoms with Crippen molar-refractivity contribution in [2.75, 3.05) is 19.6 Å². The summed E-state index contributed by atoms with van der Waals surface area (Å²) in [6, 6.07) is 22.8. The number of hydrogen-bond acceptors (Lipinski definition) is 3. The van der Waals surface area contributed by atoms with E-state index in [2.05, 4.69) is 29.2 Å². The van der Waals surface area contributed by atoms with Gasteiger partial charge in [0.25, 0.3) is 0 Å². The molecule has 1 amide bonds. The number of likely N-dealkylation sites (tertiary alicyclic amines) is 1. The van der Waals surface area contributed by atoms with Gasteiger partial charge in [-0.1, -0.05) is 36.4 Å². The van der Waals surface area contributed by atoms with Gasteiger partial charge in [0.15, 0.2) is 0 Å². The normalized spacial score (nSPS) is 16.3. The summed E-state index contributed by atoms with van der Waals surface area (Å²) in [6.45, 7) is 3.72. The molecule has 1 fully saturated rings. The van der Waals surface area contributed by atoms with E-state index in [9.17, 15) is 9.18 Å². The molecule has 2 heterocycles. The zero-order chi connectivity index (χ0) is 21.9. The predicted octanol–water partition coefficient (Wildman–Crippen LogP) is 4.82. The summed E-state index contributed by atoms with van der Waals surface area (Å²) >= 11 is 0. The largest absolute Gasteiger partial charge is 0.457 e. The van der Waals surface area contributed by atoms with Gasteiger partial charge >= 0.3 is 0 Å². The average Bonchev–Trinajstić information content (AvgIpc) is 2.78. The van der Waals surface area contributed by atoms with E-state index in [1.807, 2.05) is 29.2 Å². The molecule has 3 aromatic rings. The number of hydrogen-bond donors (Lipinski definition) is 0. The molecular weight excluding hydrogens is 403 g/mol. The van der Waals surface area contributed by atoms with Crippen LogP contribution in [0.25, 0.3) is 0 Å². The maximum absolute atomic E-state index is 13.1. The standard InChI is InChI=1S/C27H27FN2O2/c28-23-9-11-25(12-10-23)32-26-7-3-4-20(16-26)8-13-27(31)30-18-24(19-30)29-15-14-21-5-1-2-6-22(21)17-29/h1-7,9-12,16,24H,8,13-15,17-19H2. The van der Waals surface area contributed by atoms with Crippen LogP contribution < -0.4 is 4.74 Å². The number of carbonyl (C=O) groups excluding carboxylic acids is 1. The van der Waals surface area contributed by atoms with E-state index in [-0.39, 0.29) is 11.7 Å². The second kappa shape index (κ2) is 9.13. The lowest BCUT2D eigenvalue weighted by molar-refractivity contribution is -0.138. The first kappa shape index (κ1) is 20.7. The molecule has 0 aliphatic carbocycles. The maximum atomic E-state index is 13.1. The Balaban J connectivity index is 1.09. The van der Waals surface area contributed by atoms with Gasteiger partial charge in [-0.3, -0.25) is 9.69 Å². The summed E-state index contributed by atoms with van der Waals surface area (Å²) in [4.78, 5) is 17.2. The number of amides is 1. The van der Waals surface area contributed by atoms with Crippen LogP contribution in [0.1, 0.15) is 23.1 Å². The van der Waals surface area contributed by atoms with Crippen molar-refractivity contribution in [1.82, 2.24) is 9.80 Å². The third-order valence-electron chi connectivity index (χ3n) is 6.47. The number of ether oxygens (including phenoxy) is 1. The molecule has 0 aromatic heterocycles. The van der Waals surface area contributed by atoms with Crippen molar-refractivity contribution in [3.8, 4) is 11.5 Å². The third kappa shape index (κ3) is 4.68. The molecule has 2 aliphatic heterocycles. The molecule has 4 nitrogen and oxygen atoms in total. The monoisotopic (exact) mass is 430 g/mol. The Kier molecular flexibility index (Phi) is 5.91. The molecule has 5 heteroatoms. The highest BCUT2D eigenvalue weighted by Crippen LogP contribution is 2.26. The van der Waals surface area contributed by atoms with Gasteiger partial charge in [-0.25, -0.2) is 4.39 Å². The highest BCUT2D eigenvalue weighted by atomic mass is 19.1. The van der Waals surface area contributed by atoms with Crippen LogP contribution in [0.15, 0.2) is 72.8 Å². The molecule has 0 bridgehead atoms. The minimum atomic E-state index is -0.289. The summed E-state index contributed by atoms with van der Waals surface area (Å²) in [7, 11) is 0. The van der Waals surface area contributed by atoms with Crippen LogP contribution in [0.4, 0.5) is 4.39 Å². The Morgan fingerprint density at radius 2 is 1.72 bits per heavy atom. The van der Waals surface area contributed by atoms with E-state index in [0.717, 1.165) is 38.2 Å². The molecule has 32 heavy (non-hydrogen) atoms. The second-order valence-electron chi connectivity index (χ2n) is 8.65.